The van der Waals surface area contributed by atoms with Crippen molar-refractivity contribution in [1.29, 1.82) is 0 Å². The normalized spacial score (nSPS) is 22.3. The smallest absolute Gasteiger partial charge is 0.150 e. The van der Waals surface area contributed by atoms with Crippen molar-refractivity contribution in [2.75, 3.05) is 0 Å². The van der Waals surface area contributed by atoms with Gasteiger partial charge in [0.25, 0.3) is 0 Å². The number of nitrogens with zero attached hydrogens (tertiary/aromatic N) is 1. The molecule has 0 saturated carbocycles. The molecule has 2 rings (SSSR count). The molecule has 0 bridgehead atoms. The monoisotopic (exact) mass is 197 g/mol. The largest absolute Gasteiger partial charge is 0.305 e. The number of thioether (sulfide) groups is 1. The molecule has 1 fully saturated rings. The molecule has 0 amide bonds. The molecule has 1 aliphatic rings. The second-order valence-electron chi connectivity index (χ2n) is 2.31. The molecule has 62 valence electrons. The fourth-order valence-electron chi connectivity index (χ4n) is 0.956. The maximum Gasteiger partial charge on any atom is 0.150 e. The first kappa shape index (κ1) is 7.97. The summed E-state index contributed by atoms with van der Waals surface area (Å²) >= 11 is 6.52. The van der Waals surface area contributed by atoms with Gasteiger partial charge in [0.15, 0.2) is 0 Å². The highest BCUT2D eigenvalue weighted by molar-refractivity contribution is 8.23. The van der Waals surface area contributed by atoms with Crippen LogP contribution in [-0.2, 0) is 0 Å². The Hall–Kier alpha value is -0.650. The Kier molecular flexibility index (Phi) is 2.25. The van der Waals surface area contributed by atoms with Gasteiger partial charge in [0, 0.05) is 6.20 Å². The molecule has 2 N–H and O–H groups in total. The van der Waals surface area contributed by atoms with Crippen molar-refractivity contribution in [1.82, 2.24) is 15.8 Å². The molecule has 0 aromatic carbocycles. The zero-order valence-electron chi connectivity index (χ0n) is 6.15. The number of hydrazine groups is 1. The van der Waals surface area contributed by atoms with Gasteiger partial charge in [0.1, 0.15) is 9.69 Å². The Balaban J connectivity index is 2.16. The van der Waals surface area contributed by atoms with Gasteiger partial charge >= 0.3 is 0 Å². The quantitative estimate of drug-likeness (QED) is 0.662. The Labute approximate surface area is 79.9 Å². The summed E-state index contributed by atoms with van der Waals surface area (Å²) in [6.07, 6.45) is 1.78. The van der Waals surface area contributed by atoms with Crippen molar-refractivity contribution >= 4 is 28.3 Å². The summed E-state index contributed by atoms with van der Waals surface area (Å²) in [6.45, 7) is 0. The maximum absolute atomic E-state index is 4.96. The Bertz CT molecular complexity index is 288. The van der Waals surface area contributed by atoms with Crippen LogP contribution in [0, 0.1) is 0 Å². The summed E-state index contributed by atoms with van der Waals surface area (Å²) in [5.41, 5.74) is 6.90. The van der Waals surface area contributed by atoms with Gasteiger partial charge in [0.05, 0.1) is 5.69 Å². The molecule has 1 saturated heterocycles. The van der Waals surface area contributed by atoms with Crippen molar-refractivity contribution in [3.63, 3.8) is 0 Å². The average molecular weight is 197 g/mol. The van der Waals surface area contributed by atoms with Gasteiger partial charge in [-0.25, -0.2) is 5.43 Å². The lowest BCUT2D eigenvalue weighted by atomic mass is 10.3. The second kappa shape index (κ2) is 3.38. The van der Waals surface area contributed by atoms with E-state index in [1.165, 1.54) is 0 Å². The molecule has 3 nitrogen and oxygen atoms in total. The molecule has 1 aliphatic heterocycles. The lowest BCUT2D eigenvalue weighted by Gasteiger charge is -2.04. The summed E-state index contributed by atoms with van der Waals surface area (Å²) in [6, 6.07) is 5.83. The van der Waals surface area contributed by atoms with Crippen LogP contribution in [-0.4, -0.2) is 9.30 Å². The van der Waals surface area contributed by atoms with Gasteiger partial charge in [-0.2, -0.15) is 0 Å². The lowest BCUT2D eigenvalue weighted by Crippen LogP contribution is -2.26. The number of nitrogens with one attached hydrogen (secondary N) is 2. The number of rotatable bonds is 1. The van der Waals surface area contributed by atoms with E-state index in [4.69, 9.17) is 12.2 Å². The van der Waals surface area contributed by atoms with E-state index in [0.29, 0.717) is 0 Å². The zero-order chi connectivity index (χ0) is 8.39. The highest BCUT2D eigenvalue weighted by Gasteiger charge is 2.21. The van der Waals surface area contributed by atoms with Crippen LogP contribution in [0.5, 0.6) is 0 Å². The van der Waals surface area contributed by atoms with Crippen LogP contribution in [0.4, 0.5) is 0 Å². The number of pyridine rings is 1. The van der Waals surface area contributed by atoms with Gasteiger partial charge in [-0.05, 0) is 12.1 Å². The molecule has 1 unspecified atom stereocenters. The van der Waals surface area contributed by atoms with Gasteiger partial charge in [-0.1, -0.05) is 30.0 Å². The Morgan fingerprint density at radius 3 is 3.00 bits per heavy atom. The van der Waals surface area contributed by atoms with Crippen LogP contribution in [0.2, 0.25) is 0 Å². The van der Waals surface area contributed by atoms with Crippen LogP contribution < -0.4 is 10.9 Å². The molecule has 0 aliphatic carbocycles. The first-order chi connectivity index (χ1) is 5.86. The molecule has 12 heavy (non-hydrogen) atoms. The van der Waals surface area contributed by atoms with E-state index in [0.717, 1.165) is 10.0 Å². The van der Waals surface area contributed by atoms with Gasteiger partial charge < -0.3 is 5.43 Å². The van der Waals surface area contributed by atoms with Gasteiger partial charge in [0.2, 0.25) is 0 Å². The summed E-state index contributed by atoms with van der Waals surface area (Å²) in [5, 5.41) is 0.152. The molecular formula is C7H7N3S2. The van der Waals surface area contributed by atoms with Gasteiger partial charge in [-0.3, -0.25) is 4.98 Å². The molecule has 2 heterocycles. The minimum Gasteiger partial charge on any atom is -0.305 e. The molecule has 1 atom stereocenters. The van der Waals surface area contributed by atoms with E-state index >= 15 is 0 Å². The van der Waals surface area contributed by atoms with Crippen LogP contribution in [0.1, 0.15) is 11.1 Å². The van der Waals surface area contributed by atoms with Crippen molar-refractivity contribution < 1.29 is 0 Å². The third kappa shape index (κ3) is 1.57. The van der Waals surface area contributed by atoms with E-state index in [9.17, 15) is 0 Å². The molecule has 1 aromatic rings. The average Bonchev–Trinajstić information content (AvgIpc) is 2.54. The minimum absolute atomic E-state index is 0.152. The number of hydrogen-bond acceptors (Lipinski definition) is 4. The Morgan fingerprint density at radius 2 is 2.42 bits per heavy atom. The topological polar surface area (TPSA) is 37.0 Å². The molecule has 1 aromatic heterocycles. The van der Waals surface area contributed by atoms with Crippen LogP contribution in [0.15, 0.2) is 24.4 Å². The SMILES string of the molecule is S=C1NNC(c2ccccn2)S1. The third-order valence-electron chi connectivity index (χ3n) is 1.49. The molecule has 0 radical (unpaired) electrons. The predicted octanol–water partition coefficient (Wildman–Crippen LogP) is 1.21. The van der Waals surface area contributed by atoms with Crippen molar-refractivity contribution in [3.05, 3.63) is 30.1 Å². The van der Waals surface area contributed by atoms with Crippen LogP contribution in [0.25, 0.3) is 0 Å². The van der Waals surface area contributed by atoms with E-state index in [-0.39, 0.29) is 5.37 Å². The number of aromatic nitrogens is 1. The third-order valence-corrected chi connectivity index (χ3v) is 2.79. The van der Waals surface area contributed by atoms with Crippen molar-refractivity contribution in [2.24, 2.45) is 0 Å². The summed E-state index contributed by atoms with van der Waals surface area (Å²) in [4.78, 5) is 4.21. The van der Waals surface area contributed by atoms with Crippen LogP contribution in [0.3, 0.4) is 0 Å². The zero-order valence-corrected chi connectivity index (χ0v) is 7.78. The fourth-order valence-corrected chi connectivity index (χ4v) is 2.01. The fraction of sp³-hybridized carbons (Fsp3) is 0.143. The first-order valence-corrected chi connectivity index (χ1v) is 4.78. The van der Waals surface area contributed by atoms with Crippen LogP contribution >= 0.6 is 24.0 Å². The molecular weight excluding hydrogens is 190 g/mol. The maximum atomic E-state index is 4.96. The molecule has 0 spiro atoms. The summed E-state index contributed by atoms with van der Waals surface area (Å²) in [7, 11) is 0. The predicted molar refractivity (Wildman–Crippen MR) is 53.4 cm³/mol. The van der Waals surface area contributed by atoms with Crippen molar-refractivity contribution in [2.45, 2.75) is 5.37 Å². The van der Waals surface area contributed by atoms with E-state index in [1.807, 2.05) is 18.2 Å². The van der Waals surface area contributed by atoms with E-state index in [2.05, 4.69) is 15.8 Å². The number of thiocarbonyl (C=S) groups is 1. The van der Waals surface area contributed by atoms with E-state index in [1.54, 1.807) is 18.0 Å². The summed E-state index contributed by atoms with van der Waals surface area (Å²) < 4.78 is 0.769. The number of hydrogen-bond donors (Lipinski definition) is 2. The van der Waals surface area contributed by atoms with Crippen molar-refractivity contribution in [3.8, 4) is 0 Å². The minimum atomic E-state index is 0.152. The lowest BCUT2D eigenvalue weighted by molar-refractivity contribution is 0.656. The molecule has 5 heteroatoms. The standard InChI is InChI=1S/C7H7N3S2/c11-7-10-9-6(12-7)5-3-1-2-4-8-5/h1-4,6,9H,(H,10,11). The second-order valence-corrected chi connectivity index (χ2v) is 4.09. The first-order valence-electron chi connectivity index (χ1n) is 3.49. The highest BCUT2D eigenvalue weighted by atomic mass is 32.2. The Morgan fingerprint density at radius 1 is 1.50 bits per heavy atom. The highest BCUT2D eigenvalue weighted by Crippen LogP contribution is 2.27. The van der Waals surface area contributed by atoms with Gasteiger partial charge in [-0.15, -0.1) is 0 Å². The summed E-state index contributed by atoms with van der Waals surface area (Å²) in [5.74, 6) is 0. The van der Waals surface area contributed by atoms with E-state index < -0.39 is 0 Å².